The average molecular weight is 478 g/mol. The minimum absolute atomic E-state index is 0.0973. The van der Waals surface area contributed by atoms with Crippen LogP contribution in [0, 0.1) is 12.8 Å². The number of oxime groups is 1. The lowest BCUT2D eigenvalue weighted by atomic mass is 9.98. The molecule has 1 amide bonds. The van der Waals surface area contributed by atoms with Crippen LogP contribution in [0.2, 0.25) is 0 Å². The van der Waals surface area contributed by atoms with Crippen molar-refractivity contribution in [3.63, 3.8) is 0 Å². The van der Waals surface area contributed by atoms with Crippen LogP contribution in [-0.4, -0.2) is 59.0 Å². The summed E-state index contributed by atoms with van der Waals surface area (Å²) in [5, 5.41) is 7.57. The Morgan fingerprint density at radius 2 is 2.14 bits per heavy atom. The molecule has 2 aromatic rings. The minimum Gasteiger partial charge on any atom is -0.495 e. The Labute approximate surface area is 207 Å². The molecule has 0 unspecified atom stereocenters. The molecule has 8 heteroatoms. The van der Waals surface area contributed by atoms with Crippen molar-refractivity contribution in [1.29, 1.82) is 0 Å². The van der Waals surface area contributed by atoms with Gasteiger partial charge in [0.2, 0.25) is 5.91 Å². The number of amidine groups is 1. The summed E-state index contributed by atoms with van der Waals surface area (Å²) in [6, 6.07) is 6.28. The standard InChI is InChI=1S/C27H35N5O3/c1-19-16-31(18-29-19)24-10-9-21(13-25(24)34-2)12-22-8-5-11-32-23(17-35-30-27(22)32)15-28-26(33)14-20-6-3-4-7-20/h9-10,12-13,16,18,20,23H,3-8,11,14-15,17H2,1-2H3,(H,28,33)/b22-12+/t23-/m0/s1. The molecule has 1 saturated carbocycles. The number of benzene rings is 1. The fourth-order valence-electron chi connectivity index (χ4n) is 5.42. The zero-order valence-corrected chi connectivity index (χ0v) is 20.7. The first-order valence-electron chi connectivity index (χ1n) is 12.7. The number of ether oxygens (including phenoxy) is 1. The number of methoxy groups -OCH3 is 1. The van der Waals surface area contributed by atoms with Gasteiger partial charge in [-0.1, -0.05) is 24.1 Å². The molecule has 5 rings (SSSR count). The molecular weight excluding hydrogens is 442 g/mol. The van der Waals surface area contributed by atoms with Crippen molar-refractivity contribution in [3.8, 4) is 11.4 Å². The molecule has 8 nitrogen and oxygen atoms in total. The largest absolute Gasteiger partial charge is 0.495 e. The topological polar surface area (TPSA) is 81.0 Å². The molecule has 1 aliphatic carbocycles. The van der Waals surface area contributed by atoms with Crippen LogP contribution in [0.3, 0.4) is 0 Å². The quantitative estimate of drug-likeness (QED) is 0.650. The molecule has 1 saturated heterocycles. The molecule has 1 atom stereocenters. The van der Waals surface area contributed by atoms with Gasteiger partial charge < -0.3 is 24.4 Å². The van der Waals surface area contributed by atoms with E-state index in [1.165, 1.54) is 25.7 Å². The van der Waals surface area contributed by atoms with Gasteiger partial charge in [0, 0.05) is 25.7 Å². The number of nitrogens with one attached hydrogen (secondary N) is 1. The van der Waals surface area contributed by atoms with Crippen LogP contribution in [-0.2, 0) is 9.63 Å². The van der Waals surface area contributed by atoms with Crippen molar-refractivity contribution in [3.05, 3.63) is 47.6 Å². The van der Waals surface area contributed by atoms with Crippen LogP contribution in [0.15, 0.2) is 41.5 Å². The van der Waals surface area contributed by atoms with Gasteiger partial charge >= 0.3 is 0 Å². The number of nitrogens with zero attached hydrogens (tertiary/aromatic N) is 4. The molecule has 2 aliphatic heterocycles. The van der Waals surface area contributed by atoms with Gasteiger partial charge in [0.15, 0.2) is 5.84 Å². The van der Waals surface area contributed by atoms with Gasteiger partial charge in [-0.3, -0.25) is 4.79 Å². The summed E-state index contributed by atoms with van der Waals surface area (Å²) < 4.78 is 7.65. The van der Waals surface area contributed by atoms with Crippen molar-refractivity contribution < 1.29 is 14.4 Å². The van der Waals surface area contributed by atoms with E-state index in [0.717, 1.165) is 53.5 Å². The average Bonchev–Trinajstić information content (AvgIpc) is 3.54. The summed E-state index contributed by atoms with van der Waals surface area (Å²) in [6.45, 7) is 3.97. The van der Waals surface area contributed by atoms with Gasteiger partial charge in [-0.05, 0) is 67.9 Å². The van der Waals surface area contributed by atoms with Crippen molar-refractivity contribution in [2.45, 2.75) is 57.9 Å². The Morgan fingerprint density at radius 3 is 2.91 bits per heavy atom. The van der Waals surface area contributed by atoms with Gasteiger partial charge in [0.25, 0.3) is 0 Å². The smallest absolute Gasteiger partial charge is 0.220 e. The number of aryl methyl sites for hydroxylation is 1. The highest BCUT2D eigenvalue weighted by Gasteiger charge is 2.32. The van der Waals surface area contributed by atoms with Gasteiger partial charge in [0.05, 0.1) is 30.9 Å². The van der Waals surface area contributed by atoms with Gasteiger partial charge in [-0.2, -0.15) is 0 Å². The van der Waals surface area contributed by atoms with E-state index >= 15 is 0 Å². The maximum atomic E-state index is 12.5. The lowest BCUT2D eigenvalue weighted by molar-refractivity contribution is -0.122. The molecule has 2 fully saturated rings. The second-order valence-corrected chi connectivity index (χ2v) is 9.84. The fourth-order valence-corrected chi connectivity index (χ4v) is 5.42. The number of rotatable bonds is 7. The Kier molecular flexibility index (Phi) is 7.06. The molecule has 1 aromatic heterocycles. The Morgan fingerprint density at radius 1 is 1.29 bits per heavy atom. The van der Waals surface area contributed by atoms with Gasteiger partial charge in [0.1, 0.15) is 12.4 Å². The number of carbonyl (C=O) groups excluding carboxylic acids is 1. The first-order chi connectivity index (χ1) is 17.1. The fraction of sp³-hybridized carbons (Fsp3) is 0.519. The highest BCUT2D eigenvalue weighted by Crippen LogP contribution is 2.30. The van der Waals surface area contributed by atoms with Crippen molar-refractivity contribution >= 4 is 17.8 Å². The predicted octanol–water partition coefficient (Wildman–Crippen LogP) is 4.08. The van der Waals surface area contributed by atoms with E-state index in [0.29, 0.717) is 25.5 Å². The first kappa shape index (κ1) is 23.5. The maximum Gasteiger partial charge on any atom is 0.220 e. The third kappa shape index (κ3) is 5.36. The van der Waals surface area contributed by atoms with E-state index in [2.05, 4.69) is 38.6 Å². The molecule has 0 radical (unpaired) electrons. The van der Waals surface area contributed by atoms with Crippen LogP contribution in [0.1, 0.15) is 56.2 Å². The van der Waals surface area contributed by atoms with Gasteiger partial charge in [-0.15, -0.1) is 0 Å². The molecule has 0 bridgehead atoms. The normalized spacial score (nSPS) is 21.4. The molecular formula is C27H35N5O3. The summed E-state index contributed by atoms with van der Waals surface area (Å²) in [5.41, 5.74) is 4.10. The lowest BCUT2D eigenvalue weighted by Crippen LogP contribution is -2.53. The first-order valence-corrected chi connectivity index (χ1v) is 12.7. The molecule has 3 heterocycles. The number of amides is 1. The number of piperidine rings is 1. The molecule has 186 valence electrons. The number of aromatic nitrogens is 2. The van der Waals surface area contributed by atoms with E-state index in [1.807, 2.05) is 23.8 Å². The summed E-state index contributed by atoms with van der Waals surface area (Å²) in [7, 11) is 1.69. The second kappa shape index (κ2) is 10.5. The number of hydrogen-bond donors (Lipinski definition) is 1. The van der Waals surface area contributed by atoms with E-state index in [4.69, 9.17) is 9.57 Å². The molecule has 0 spiro atoms. The van der Waals surface area contributed by atoms with Crippen LogP contribution < -0.4 is 10.1 Å². The van der Waals surface area contributed by atoms with Crippen molar-refractivity contribution in [1.82, 2.24) is 19.8 Å². The van der Waals surface area contributed by atoms with Crippen LogP contribution in [0.5, 0.6) is 5.75 Å². The summed E-state index contributed by atoms with van der Waals surface area (Å²) in [5.74, 6) is 2.38. The lowest BCUT2D eigenvalue weighted by Gasteiger charge is -2.40. The summed E-state index contributed by atoms with van der Waals surface area (Å²) in [4.78, 5) is 24.7. The highest BCUT2D eigenvalue weighted by atomic mass is 16.6. The zero-order valence-electron chi connectivity index (χ0n) is 20.7. The second-order valence-electron chi connectivity index (χ2n) is 9.84. The molecule has 1 N–H and O–H groups in total. The molecule has 1 aromatic carbocycles. The SMILES string of the molecule is COc1cc(/C=C2\CCCN3C2=NOC[C@@H]3CNC(=O)CC2CCCC2)ccc1-n1cnc(C)c1. The van der Waals surface area contributed by atoms with E-state index in [-0.39, 0.29) is 11.9 Å². The molecule has 35 heavy (non-hydrogen) atoms. The number of hydrogen-bond acceptors (Lipinski definition) is 6. The highest BCUT2D eigenvalue weighted by molar-refractivity contribution is 6.03. The predicted molar refractivity (Wildman–Crippen MR) is 136 cm³/mol. The Balaban J connectivity index is 1.28. The Hall–Kier alpha value is -3.29. The van der Waals surface area contributed by atoms with E-state index in [1.54, 1.807) is 13.4 Å². The number of fused-ring (bicyclic) bond motifs is 1. The van der Waals surface area contributed by atoms with E-state index < -0.39 is 0 Å². The van der Waals surface area contributed by atoms with Crippen LogP contribution >= 0.6 is 0 Å². The molecule has 3 aliphatic rings. The third-order valence-corrected chi connectivity index (χ3v) is 7.28. The van der Waals surface area contributed by atoms with Crippen molar-refractivity contribution in [2.75, 3.05) is 26.8 Å². The minimum atomic E-state index is 0.0973. The number of carbonyl (C=O) groups is 1. The maximum absolute atomic E-state index is 12.5. The van der Waals surface area contributed by atoms with E-state index in [9.17, 15) is 4.79 Å². The zero-order chi connectivity index (χ0) is 24.2. The van der Waals surface area contributed by atoms with Crippen LogP contribution in [0.4, 0.5) is 0 Å². The Bertz CT molecular complexity index is 1120. The monoisotopic (exact) mass is 477 g/mol. The van der Waals surface area contributed by atoms with Crippen molar-refractivity contribution in [2.24, 2.45) is 11.1 Å². The summed E-state index contributed by atoms with van der Waals surface area (Å²) in [6.07, 6.45) is 13.5. The summed E-state index contributed by atoms with van der Waals surface area (Å²) >= 11 is 0. The third-order valence-electron chi connectivity index (χ3n) is 7.28. The van der Waals surface area contributed by atoms with Gasteiger partial charge in [-0.25, -0.2) is 4.98 Å². The number of imidazole rings is 1. The van der Waals surface area contributed by atoms with Crippen LogP contribution in [0.25, 0.3) is 11.8 Å².